The number of imidazole rings is 1. The van der Waals surface area contributed by atoms with Crippen LogP contribution in [0.25, 0.3) is 11.0 Å². The Morgan fingerprint density at radius 2 is 1.76 bits per heavy atom. The number of aromatic nitrogens is 2. The first-order chi connectivity index (χ1) is 14.1. The molecule has 3 atom stereocenters. The van der Waals surface area contributed by atoms with Crippen LogP contribution in [0.15, 0.2) is 24.3 Å². The Morgan fingerprint density at radius 1 is 1.03 bits per heavy atom. The summed E-state index contributed by atoms with van der Waals surface area (Å²) >= 11 is 0. The molecule has 1 aliphatic carbocycles. The van der Waals surface area contributed by atoms with E-state index in [0.29, 0.717) is 6.54 Å². The number of para-hydroxylation sites is 2. The Hall–Kier alpha value is -2.70. The van der Waals surface area contributed by atoms with Crippen molar-refractivity contribution in [2.24, 2.45) is 11.8 Å². The third-order valence-electron chi connectivity index (χ3n) is 6.78. The maximum absolute atomic E-state index is 13.0. The van der Waals surface area contributed by atoms with Crippen LogP contribution in [0.3, 0.4) is 0 Å². The summed E-state index contributed by atoms with van der Waals surface area (Å²) in [5.41, 5.74) is 1.87. The van der Waals surface area contributed by atoms with Gasteiger partial charge in [0.05, 0.1) is 28.9 Å². The van der Waals surface area contributed by atoms with Gasteiger partial charge in [-0.3, -0.25) is 19.3 Å². The van der Waals surface area contributed by atoms with Crippen LogP contribution in [-0.2, 0) is 14.4 Å². The van der Waals surface area contributed by atoms with E-state index >= 15 is 0 Å². The van der Waals surface area contributed by atoms with E-state index in [9.17, 15) is 14.4 Å². The fourth-order valence-electron chi connectivity index (χ4n) is 5.28. The molecule has 1 aromatic carbocycles. The van der Waals surface area contributed by atoms with Gasteiger partial charge in [0.1, 0.15) is 5.82 Å². The number of imide groups is 1. The number of fused-ring (bicyclic) bond motifs is 2. The highest BCUT2D eigenvalue weighted by molar-refractivity contribution is 6.05. The second kappa shape index (κ2) is 7.28. The first-order valence-electron chi connectivity index (χ1n) is 10.7. The normalized spacial score (nSPS) is 27.1. The lowest BCUT2D eigenvalue weighted by Gasteiger charge is -2.24. The number of hydrogen-bond acceptors (Lipinski definition) is 4. The number of nitrogens with zero attached hydrogens (tertiary/aromatic N) is 3. The molecule has 3 heterocycles. The zero-order chi connectivity index (χ0) is 20.0. The summed E-state index contributed by atoms with van der Waals surface area (Å²) < 4.78 is 0. The van der Waals surface area contributed by atoms with Crippen molar-refractivity contribution in [3.63, 3.8) is 0 Å². The lowest BCUT2D eigenvalue weighted by Crippen LogP contribution is -2.37. The van der Waals surface area contributed by atoms with E-state index in [-0.39, 0.29) is 48.6 Å². The molecule has 0 bridgehead atoms. The van der Waals surface area contributed by atoms with Crippen molar-refractivity contribution in [2.75, 3.05) is 13.1 Å². The molecular weight excluding hydrogens is 368 g/mol. The average molecular weight is 394 g/mol. The first kappa shape index (κ1) is 18.3. The van der Waals surface area contributed by atoms with E-state index in [0.717, 1.165) is 55.4 Å². The fourth-order valence-corrected chi connectivity index (χ4v) is 5.28. The Bertz CT molecular complexity index is 911. The number of likely N-dealkylation sites (tertiary alicyclic amines) is 2. The van der Waals surface area contributed by atoms with Gasteiger partial charge in [0.2, 0.25) is 17.7 Å². The minimum atomic E-state index is -0.151. The topological polar surface area (TPSA) is 86.4 Å². The Labute approximate surface area is 169 Å². The van der Waals surface area contributed by atoms with E-state index in [1.54, 1.807) is 0 Å². The Morgan fingerprint density at radius 3 is 2.48 bits per heavy atom. The molecule has 0 unspecified atom stereocenters. The molecule has 1 aromatic heterocycles. The summed E-state index contributed by atoms with van der Waals surface area (Å²) in [6.07, 6.45) is 5.63. The highest BCUT2D eigenvalue weighted by Gasteiger charge is 2.48. The zero-order valence-corrected chi connectivity index (χ0v) is 16.5. The minimum Gasteiger partial charge on any atom is -0.340 e. The summed E-state index contributed by atoms with van der Waals surface area (Å²) in [5.74, 6) is 0.369. The number of rotatable bonds is 4. The molecule has 3 aliphatic rings. The number of H-pyrrole nitrogens is 1. The first-order valence-corrected chi connectivity index (χ1v) is 10.7. The maximum Gasteiger partial charge on any atom is 0.233 e. The second-order valence-corrected chi connectivity index (χ2v) is 8.46. The van der Waals surface area contributed by atoms with Gasteiger partial charge in [-0.05, 0) is 37.8 Å². The second-order valence-electron chi connectivity index (χ2n) is 8.46. The molecule has 2 saturated heterocycles. The molecule has 29 heavy (non-hydrogen) atoms. The molecule has 152 valence electrons. The van der Waals surface area contributed by atoms with Crippen molar-refractivity contribution in [1.82, 2.24) is 19.8 Å². The molecule has 2 aromatic rings. The van der Waals surface area contributed by atoms with Gasteiger partial charge in [-0.2, -0.15) is 0 Å². The van der Waals surface area contributed by atoms with Gasteiger partial charge < -0.3 is 9.88 Å². The SMILES string of the molecule is O=C1[C@@H]2CCCC[C@H]2C(=O)N1CCC(=O)N1CCC[C@@H]1c1nc2ccccc2[nH]1. The molecule has 7 nitrogen and oxygen atoms in total. The van der Waals surface area contributed by atoms with Crippen LogP contribution < -0.4 is 0 Å². The summed E-state index contributed by atoms with van der Waals surface area (Å²) in [7, 11) is 0. The third-order valence-corrected chi connectivity index (χ3v) is 6.78. The van der Waals surface area contributed by atoms with E-state index < -0.39 is 0 Å². The molecule has 1 N–H and O–H groups in total. The third kappa shape index (κ3) is 3.12. The largest absolute Gasteiger partial charge is 0.340 e. The minimum absolute atomic E-state index is 0.0107. The highest BCUT2D eigenvalue weighted by Crippen LogP contribution is 2.38. The van der Waals surface area contributed by atoms with Crippen LogP contribution in [0.5, 0.6) is 0 Å². The van der Waals surface area contributed by atoms with Gasteiger partial charge in [-0.15, -0.1) is 0 Å². The van der Waals surface area contributed by atoms with Crippen molar-refractivity contribution >= 4 is 28.8 Å². The van der Waals surface area contributed by atoms with Gasteiger partial charge in [0.15, 0.2) is 0 Å². The van der Waals surface area contributed by atoms with Crippen molar-refractivity contribution in [2.45, 2.75) is 51.0 Å². The average Bonchev–Trinajstić information content (AvgIpc) is 3.44. The molecule has 2 aliphatic heterocycles. The number of carbonyl (C=O) groups is 3. The van der Waals surface area contributed by atoms with Crippen molar-refractivity contribution < 1.29 is 14.4 Å². The van der Waals surface area contributed by atoms with Crippen molar-refractivity contribution in [3.8, 4) is 0 Å². The molecular formula is C22H26N4O3. The number of aromatic amines is 1. The van der Waals surface area contributed by atoms with Crippen LogP contribution in [-0.4, -0.2) is 50.6 Å². The zero-order valence-electron chi connectivity index (χ0n) is 16.5. The molecule has 5 rings (SSSR count). The van der Waals surface area contributed by atoms with E-state index in [2.05, 4.69) is 9.97 Å². The maximum atomic E-state index is 13.0. The standard InChI is InChI=1S/C22H26N4O3/c27-19(11-13-26-21(28)14-6-1-2-7-15(14)22(26)29)25-12-5-10-18(25)20-23-16-8-3-4-9-17(16)24-20/h3-4,8-9,14-15,18H,1-2,5-7,10-13H2,(H,23,24)/t14-,15-,18-/m1/s1. The van der Waals surface area contributed by atoms with Gasteiger partial charge in [-0.25, -0.2) is 4.98 Å². The summed E-state index contributed by atoms with van der Waals surface area (Å²) in [6, 6.07) is 7.79. The van der Waals surface area contributed by atoms with Gasteiger partial charge >= 0.3 is 0 Å². The van der Waals surface area contributed by atoms with Crippen LogP contribution in [0.2, 0.25) is 0 Å². The van der Waals surface area contributed by atoms with Gasteiger partial charge in [0, 0.05) is 19.5 Å². The summed E-state index contributed by atoms with van der Waals surface area (Å²) in [6.45, 7) is 0.889. The fraction of sp³-hybridized carbons (Fsp3) is 0.545. The molecule has 0 spiro atoms. The Kier molecular flexibility index (Phi) is 4.60. The number of carbonyl (C=O) groups excluding carboxylic acids is 3. The van der Waals surface area contributed by atoms with Crippen LogP contribution in [0, 0.1) is 11.8 Å². The molecule has 3 fully saturated rings. The molecule has 7 heteroatoms. The summed E-state index contributed by atoms with van der Waals surface area (Å²) in [5, 5.41) is 0. The number of amides is 3. The smallest absolute Gasteiger partial charge is 0.233 e. The quantitative estimate of drug-likeness (QED) is 0.808. The van der Waals surface area contributed by atoms with E-state index in [1.165, 1.54) is 4.90 Å². The molecule has 1 saturated carbocycles. The molecule has 3 amide bonds. The number of benzene rings is 1. The monoisotopic (exact) mass is 394 g/mol. The predicted octanol–water partition coefficient (Wildman–Crippen LogP) is 2.79. The lowest BCUT2D eigenvalue weighted by molar-refractivity contribution is -0.141. The van der Waals surface area contributed by atoms with Gasteiger partial charge in [-0.1, -0.05) is 25.0 Å². The van der Waals surface area contributed by atoms with E-state index in [4.69, 9.17) is 0 Å². The molecule has 0 radical (unpaired) electrons. The predicted molar refractivity (Wildman–Crippen MR) is 107 cm³/mol. The number of nitrogens with one attached hydrogen (secondary N) is 1. The lowest BCUT2D eigenvalue weighted by atomic mass is 9.81. The van der Waals surface area contributed by atoms with Crippen LogP contribution in [0.1, 0.15) is 56.8 Å². The van der Waals surface area contributed by atoms with Crippen LogP contribution >= 0.6 is 0 Å². The van der Waals surface area contributed by atoms with Gasteiger partial charge in [0.25, 0.3) is 0 Å². The van der Waals surface area contributed by atoms with Crippen molar-refractivity contribution in [1.29, 1.82) is 0 Å². The highest BCUT2D eigenvalue weighted by atomic mass is 16.2. The number of hydrogen-bond donors (Lipinski definition) is 1. The Balaban J connectivity index is 1.26. The van der Waals surface area contributed by atoms with Crippen molar-refractivity contribution in [3.05, 3.63) is 30.1 Å². The van der Waals surface area contributed by atoms with E-state index in [1.807, 2.05) is 29.2 Å². The summed E-state index contributed by atoms with van der Waals surface area (Å²) in [4.78, 5) is 49.5. The van der Waals surface area contributed by atoms with Crippen LogP contribution in [0.4, 0.5) is 0 Å².